The highest BCUT2D eigenvalue weighted by molar-refractivity contribution is 5.92. The second-order valence-electron chi connectivity index (χ2n) is 3.61. The van der Waals surface area contributed by atoms with Crippen molar-refractivity contribution in [1.29, 1.82) is 0 Å². The van der Waals surface area contributed by atoms with E-state index in [0.29, 0.717) is 0 Å². The first-order valence-corrected chi connectivity index (χ1v) is 5.07. The number of rotatable bonds is 0. The highest BCUT2D eigenvalue weighted by Crippen LogP contribution is 2.24. The highest BCUT2D eigenvalue weighted by Gasteiger charge is 2.03. The van der Waals surface area contributed by atoms with Crippen LogP contribution in [0.25, 0.3) is 23.1 Å². The van der Waals surface area contributed by atoms with E-state index >= 15 is 0 Å². The molecule has 1 heteroatoms. The van der Waals surface area contributed by atoms with Gasteiger partial charge in [-0.15, -0.1) is 0 Å². The third-order valence-corrected chi connectivity index (χ3v) is 2.67. The number of allylic oxidation sites excluding steroid dienone is 4. The molecule has 0 amide bonds. The van der Waals surface area contributed by atoms with Gasteiger partial charge in [-0.1, -0.05) is 48.6 Å². The number of nitrogens with one attached hydrogen (secondary N) is 1. The van der Waals surface area contributed by atoms with Gasteiger partial charge in [0.2, 0.25) is 0 Å². The smallest absolute Gasteiger partial charge is 0.0533 e. The molecule has 0 aliphatic heterocycles. The Morgan fingerprint density at radius 2 is 1.67 bits per heavy atom. The molecule has 0 bridgehead atoms. The van der Waals surface area contributed by atoms with Crippen molar-refractivity contribution in [2.24, 2.45) is 0 Å². The fourth-order valence-electron chi connectivity index (χ4n) is 1.93. The number of benzene rings is 1. The van der Waals surface area contributed by atoms with E-state index in [1.54, 1.807) is 0 Å². The summed E-state index contributed by atoms with van der Waals surface area (Å²) in [5, 5.41) is 1.26. The summed E-state index contributed by atoms with van der Waals surface area (Å²) in [5.74, 6) is 0. The minimum absolute atomic E-state index is 1.21. The fourth-order valence-corrected chi connectivity index (χ4v) is 1.93. The van der Waals surface area contributed by atoms with Crippen molar-refractivity contribution < 1.29 is 0 Å². The van der Waals surface area contributed by atoms with Gasteiger partial charge in [-0.3, -0.25) is 0 Å². The van der Waals surface area contributed by atoms with Gasteiger partial charge in [0.15, 0.2) is 0 Å². The van der Waals surface area contributed by atoms with Crippen LogP contribution < -0.4 is 0 Å². The molecule has 2 aromatic rings. The van der Waals surface area contributed by atoms with Crippen molar-refractivity contribution in [3.05, 3.63) is 59.8 Å². The number of H-pyrrole nitrogens is 1. The van der Waals surface area contributed by atoms with E-state index in [1.807, 2.05) is 18.3 Å². The number of hydrogen-bond donors (Lipinski definition) is 1. The summed E-state index contributed by atoms with van der Waals surface area (Å²) in [4.78, 5) is 3.29. The van der Waals surface area contributed by atoms with Crippen molar-refractivity contribution in [2.45, 2.75) is 0 Å². The molecule has 0 unspecified atom stereocenters. The molecule has 1 aliphatic carbocycles. The minimum atomic E-state index is 1.21. The van der Waals surface area contributed by atoms with Crippen LogP contribution in [-0.2, 0) is 0 Å². The van der Waals surface area contributed by atoms with E-state index in [-0.39, 0.29) is 0 Å². The maximum Gasteiger partial charge on any atom is 0.0533 e. The van der Waals surface area contributed by atoms with E-state index in [1.165, 1.54) is 22.0 Å². The van der Waals surface area contributed by atoms with Crippen LogP contribution in [0.3, 0.4) is 0 Å². The summed E-state index contributed by atoms with van der Waals surface area (Å²) >= 11 is 0. The number of aromatic nitrogens is 1. The lowest BCUT2D eigenvalue weighted by atomic mass is 10.0. The molecule has 0 atom stereocenters. The molecule has 3 rings (SSSR count). The molecule has 0 radical (unpaired) electrons. The fraction of sp³-hybridized carbons (Fsp3) is 0. The molecule has 0 fully saturated rings. The summed E-state index contributed by atoms with van der Waals surface area (Å²) in [6.07, 6.45) is 14.5. The van der Waals surface area contributed by atoms with Crippen LogP contribution in [0.15, 0.2) is 48.7 Å². The number of hydrogen-bond acceptors (Lipinski definition) is 0. The van der Waals surface area contributed by atoms with Gasteiger partial charge in [0.25, 0.3) is 0 Å². The molecule has 1 N–H and O–H groups in total. The molecule has 0 spiro atoms. The van der Waals surface area contributed by atoms with E-state index in [9.17, 15) is 0 Å². The Hall–Kier alpha value is -2.02. The zero-order chi connectivity index (χ0) is 10.1. The molecule has 15 heavy (non-hydrogen) atoms. The molecule has 1 nitrogen and oxygen atoms in total. The molecule has 1 aliphatic rings. The standard InChI is InChI=1S/C14H11N/c1-2-4-6-13-11(5-3-1)7-8-12-9-10-15-14(12)13/h1-10,15H/b2-1-,3-1?,4-2?,5-3-,6-4-,11-5?,13-6?. The Balaban J connectivity index is 2.37. The SMILES string of the molecule is C1=C\C=C/c2c(ccc3cc[nH]c23)\C=C/1. The van der Waals surface area contributed by atoms with Crippen molar-refractivity contribution >= 4 is 23.1 Å². The second kappa shape index (κ2) is 3.28. The third kappa shape index (κ3) is 1.33. The molecule has 0 saturated carbocycles. The van der Waals surface area contributed by atoms with Crippen LogP contribution in [-0.4, -0.2) is 4.98 Å². The predicted octanol–water partition coefficient (Wildman–Crippen LogP) is 3.76. The maximum absolute atomic E-state index is 3.29. The van der Waals surface area contributed by atoms with Gasteiger partial charge in [-0.2, -0.15) is 0 Å². The first-order valence-electron chi connectivity index (χ1n) is 5.07. The van der Waals surface area contributed by atoms with E-state index in [0.717, 1.165) is 0 Å². The van der Waals surface area contributed by atoms with Gasteiger partial charge in [-0.05, 0) is 11.6 Å². The second-order valence-corrected chi connectivity index (χ2v) is 3.61. The minimum Gasteiger partial charge on any atom is -0.361 e. The van der Waals surface area contributed by atoms with Crippen molar-refractivity contribution in [2.75, 3.05) is 0 Å². The van der Waals surface area contributed by atoms with Crippen molar-refractivity contribution in [3.63, 3.8) is 0 Å². The molecule has 1 aromatic heterocycles. The Kier molecular flexibility index (Phi) is 1.82. The normalized spacial score (nSPS) is 20.3. The zero-order valence-electron chi connectivity index (χ0n) is 8.27. The van der Waals surface area contributed by atoms with Crippen LogP contribution in [0.5, 0.6) is 0 Å². The van der Waals surface area contributed by atoms with Gasteiger partial charge in [-0.25, -0.2) is 0 Å². The third-order valence-electron chi connectivity index (χ3n) is 2.67. The van der Waals surface area contributed by atoms with Crippen LogP contribution in [0.1, 0.15) is 11.1 Å². The largest absolute Gasteiger partial charge is 0.361 e. The summed E-state index contributed by atoms with van der Waals surface area (Å²) in [6, 6.07) is 6.40. The van der Waals surface area contributed by atoms with Gasteiger partial charge >= 0.3 is 0 Å². The summed E-state index contributed by atoms with van der Waals surface area (Å²) in [5.41, 5.74) is 3.73. The van der Waals surface area contributed by atoms with Crippen LogP contribution in [0.2, 0.25) is 0 Å². The topological polar surface area (TPSA) is 15.8 Å². The van der Waals surface area contributed by atoms with Crippen LogP contribution >= 0.6 is 0 Å². The highest BCUT2D eigenvalue weighted by atomic mass is 14.7. The maximum atomic E-state index is 3.29. The number of fused-ring (bicyclic) bond motifs is 3. The molecule has 72 valence electrons. The van der Waals surface area contributed by atoms with E-state index in [4.69, 9.17) is 0 Å². The molecule has 1 aromatic carbocycles. The van der Waals surface area contributed by atoms with E-state index in [2.05, 4.69) is 47.5 Å². The van der Waals surface area contributed by atoms with Gasteiger partial charge < -0.3 is 4.98 Å². The van der Waals surface area contributed by atoms with Crippen LogP contribution in [0, 0.1) is 0 Å². The Bertz CT molecular complexity index is 582. The van der Waals surface area contributed by atoms with Crippen LogP contribution in [0.4, 0.5) is 0 Å². The van der Waals surface area contributed by atoms with Crippen molar-refractivity contribution in [3.8, 4) is 0 Å². The molecule has 0 saturated heterocycles. The Labute approximate surface area is 88.4 Å². The Morgan fingerprint density at radius 1 is 0.800 bits per heavy atom. The van der Waals surface area contributed by atoms with E-state index < -0.39 is 0 Å². The van der Waals surface area contributed by atoms with Gasteiger partial charge in [0.05, 0.1) is 5.52 Å². The lowest BCUT2D eigenvalue weighted by Gasteiger charge is -2.04. The van der Waals surface area contributed by atoms with Gasteiger partial charge in [0.1, 0.15) is 0 Å². The quantitative estimate of drug-likeness (QED) is 0.655. The van der Waals surface area contributed by atoms with Crippen molar-refractivity contribution in [1.82, 2.24) is 4.98 Å². The average molecular weight is 193 g/mol. The molecular weight excluding hydrogens is 182 g/mol. The molecular formula is C14H11N. The number of aromatic amines is 1. The first kappa shape index (κ1) is 8.30. The lowest BCUT2D eigenvalue weighted by molar-refractivity contribution is 1.46. The summed E-state index contributed by atoms with van der Waals surface area (Å²) in [6.45, 7) is 0. The first-order chi connectivity index (χ1) is 7.45. The molecule has 1 heterocycles. The predicted molar refractivity (Wildman–Crippen MR) is 65.5 cm³/mol. The Morgan fingerprint density at radius 3 is 2.60 bits per heavy atom. The van der Waals surface area contributed by atoms with Gasteiger partial charge in [0, 0.05) is 17.1 Å². The lowest BCUT2D eigenvalue weighted by Crippen LogP contribution is -1.84. The summed E-state index contributed by atoms with van der Waals surface area (Å²) < 4.78 is 0. The zero-order valence-corrected chi connectivity index (χ0v) is 8.27. The monoisotopic (exact) mass is 193 g/mol. The average Bonchev–Trinajstić information content (AvgIpc) is 2.65. The summed E-state index contributed by atoms with van der Waals surface area (Å²) in [7, 11) is 0.